The molecule has 3 aliphatic rings. The number of ketones is 1. The van der Waals surface area contributed by atoms with E-state index in [2.05, 4.69) is 10.6 Å². The summed E-state index contributed by atoms with van der Waals surface area (Å²) in [7, 11) is 0. The Labute approximate surface area is 157 Å². The van der Waals surface area contributed by atoms with Crippen LogP contribution >= 0.6 is 11.6 Å². The van der Waals surface area contributed by atoms with Crippen LogP contribution in [0.15, 0.2) is 65.0 Å². The third-order valence-corrected chi connectivity index (χ3v) is 5.23. The van der Waals surface area contributed by atoms with Crippen LogP contribution in [-0.4, -0.2) is 17.6 Å². The van der Waals surface area contributed by atoms with Gasteiger partial charge in [-0.3, -0.25) is 9.59 Å². The number of allylic oxidation sites excluding steroid dienone is 5. The van der Waals surface area contributed by atoms with Crippen LogP contribution in [-0.2, 0) is 9.59 Å². The minimum atomic E-state index is -0.111. The lowest BCUT2D eigenvalue weighted by molar-refractivity contribution is -0.117. The monoisotopic (exact) mass is 366 g/mol. The zero-order valence-corrected chi connectivity index (χ0v) is 15.0. The molecule has 26 heavy (non-hydrogen) atoms. The number of carbonyl (C=O) groups is 2. The summed E-state index contributed by atoms with van der Waals surface area (Å²) in [6.45, 7) is 0. The second-order valence-electron chi connectivity index (χ2n) is 6.61. The van der Waals surface area contributed by atoms with Gasteiger partial charge in [-0.25, -0.2) is 0 Å². The van der Waals surface area contributed by atoms with Crippen molar-refractivity contribution < 1.29 is 9.59 Å². The van der Waals surface area contributed by atoms with Crippen molar-refractivity contribution in [1.82, 2.24) is 5.32 Å². The first-order valence-electron chi connectivity index (χ1n) is 8.77. The zero-order valence-electron chi connectivity index (χ0n) is 14.2. The molecule has 1 amide bonds. The molecule has 1 fully saturated rings. The summed E-state index contributed by atoms with van der Waals surface area (Å²) in [5.74, 6) is 0.380. The molecule has 132 valence electrons. The molecule has 4 rings (SSSR count). The quantitative estimate of drug-likeness (QED) is 0.627. The number of rotatable bonds is 4. The average Bonchev–Trinajstić information content (AvgIpc) is 3.00. The van der Waals surface area contributed by atoms with Crippen molar-refractivity contribution >= 4 is 35.1 Å². The van der Waals surface area contributed by atoms with Gasteiger partial charge in [-0.2, -0.15) is 0 Å². The molecule has 0 bridgehead atoms. The molecule has 0 aromatic heterocycles. The molecule has 1 aromatic carbocycles. The highest BCUT2D eigenvalue weighted by Crippen LogP contribution is 2.39. The van der Waals surface area contributed by atoms with E-state index in [-0.39, 0.29) is 17.6 Å². The number of halogens is 1. The Morgan fingerprint density at radius 2 is 2.00 bits per heavy atom. The van der Waals surface area contributed by atoms with E-state index in [1.54, 1.807) is 0 Å². The molecule has 4 nitrogen and oxygen atoms in total. The molecule has 0 radical (unpaired) electrons. The number of para-hydroxylation sites is 1. The molecular weight excluding hydrogens is 348 g/mol. The summed E-state index contributed by atoms with van der Waals surface area (Å²) < 4.78 is 0. The van der Waals surface area contributed by atoms with Crippen LogP contribution in [0.4, 0.5) is 5.69 Å². The van der Waals surface area contributed by atoms with E-state index in [9.17, 15) is 9.59 Å². The summed E-state index contributed by atoms with van der Waals surface area (Å²) in [5, 5.41) is 6.31. The van der Waals surface area contributed by atoms with Crippen molar-refractivity contribution in [2.75, 3.05) is 11.2 Å². The van der Waals surface area contributed by atoms with Crippen LogP contribution in [0.3, 0.4) is 0 Å². The molecule has 0 spiro atoms. The maximum Gasteiger partial charge on any atom is 0.254 e. The highest BCUT2D eigenvalue weighted by molar-refractivity contribution is 6.18. The number of amides is 1. The van der Waals surface area contributed by atoms with Gasteiger partial charge in [0.1, 0.15) is 0 Å². The minimum Gasteiger partial charge on any atom is -0.355 e. The third kappa shape index (κ3) is 3.01. The van der Waals surface area contributed by atoms with E-state index in [0.29, 0.717) is 30.7 Å². The molecule has 1 aromatic rings. The highest BCUT2D eigenvalue weighted by atomic mass is 35.5. The maximum absolute atomic E-state index is 12.6. The Bertz CT molecular complexity index is 908. The lowest BCUT2D eigenvalue weighted by atomic mass is 9.84. The number of Topliss-reactive ketones (excluding diaryl/α,β-unsaturated/α-hetero) is 1. The van der Waals surface area contributed by atoms with E-state index in [4.69, 9.17) is 11.6 Å². The standard InChI is InChI=1S/C21H19ClN2O2/c22-11-3-6-19(25)14-8-9-17-15(12-14)20(21(26)24-17)18-10-7-13-4-1-2-5-16(13)23-18/h1-2,4-5,7-10,15,23H,3,6,11-12H2,(H,24,26). The molecule has 2 N–H and O–H groups in total. The molecule has 1 unspecified atom stereocenters. The van der Waals surface area contributed by atoms with Gasteiger partial charge in [0, 0.05) is 40.9 Å². The van der Waals surface area contributed by atoms with E-state index in [1.807, 2.05) is 48.6 Å². The van der Waals surface area contributed by atoms with Gasteiger partial charge in [0.15, 0.2) is 5.78 Å². The summed E-state index contributed by atoms with van der Waals surface area (Å²) in [6, 6.07) is 7.96. The largest absolute Gasteiger partial charge is 0.355 e. The first-order valence-corrected chi connectivity index (χ1v) is 9.30. The Hall–Kier alpha value is -2.59. The van der Waals surface area contributed by atoms with Gasteiger partial charge in [0.05, 0.1) is 0 Å². The van der Waals surface area contributed by atoms with Crippen molar-refractivity contribution in [3.05, 3.63) is 70.6 Å². The lowest BCUT2D eigenvalue weighted by Gasteiger charge is -2.22. The van der Waals surface area contributed by atoms with Crippen LogP contribution in [0.2, 0.25) is 0 Å². The van der Waals surface area contributed by atoms with E-state index in [1.165, 1.54) is 0 Å². The van der Waals surface area contributed by atoms with Gasteiger partial charge in [0.25, 0.3) is 5.91 Å². The lowest BCUT2D eigenvalue weighted by Crippen LogP contribution is -2.17. The number of hydrogen-bond acceptors (Lipinski definition) is 3. The van der Waals surface area contributed by atoms with Gasteiger partial charge in [-0.1, -0.05) is 30.4 Å². The number of hydrogen-bond donors (Lipinski definition) is 2. The number of carbonyl (C=O) groups excluding carboxylic acids is 2. The van der Waals surface area contributed by atoms with Crippen molar-refractivity contribution in [3.8, 4) is 0 Å². The number of anilines is 1. The number of nitrogens with one attached hydrogen (secondary N) is 2. The molecule has 5 heteroatoms. The predicted octanol–water partition coefficient (Wildman–Crippen LogP) is 3.93. The molecule has 1 aliphatic carbocycles. The van der Waals surface area contributed by atoms with Crippen LogP contribution in [0, 0.1) is 5.92 Å². The van der Waals surface area contributed by atoms with Crippen LogP contribution in [0.25, 0.3) is 6.08 Å². The summed E-state index contributed by atoms with van der Waals surface area (Å²) >= 11 is 5.70. The first kappa shape index (κ1) is 16.9. The molecule has 1 saturated heterocycles. The molecule has 2 heterocycles. The second-order valence-corrected chi connectivity index (χ2v) is 6.99. The number of benzene rings is 1. The van der Waals surface area contributed by atoms with E-state index >= 15 is 0 Å². The summed E-state index contributed by atoms with van der Waals surface area (Å²) in [4.78, 5) is 25.0. The fourth-order valence-corrected chi connectivity index (χ4v) is 3.76. The smallest absolute Gasteiger partial charge is 0.254 e. The Kier molecular flexibility index (Phi) is 4.51. The maximum atomic E-state index is 12.6. The minimum absolute atomic E-state index is 0.101. The Morgan fingerprint density at radius 1 is 1.15 bits per heavy atom. The van der Waals surface area contributed by atoms with Crippen LogP contribution in [0.1, 0.15) is 24.8 Å². The van der Waals surface area contributed by atoms with Gasteiger partial charge < -0.3 is 10.6 Å². The van der Waals surface area contributed by atoms with Crippen molar-refractivity contribution in [3.63, 3.8) is 0 Å². The Morgan fingerprint density at radius 3 is 2.85 bits per heavy atom. The van der Waals surface area contributed by atoms with Gasteiger partial charge in [-0.15, -0.1) is 11.6 Å². The highest BCUT2D eigenvalue weighted by Gasteiger charge is 2.38. The van der Waals surface area contributed by atoms with E-state index < -0.39 is 0 Å². The second kappa shape index (κ2) is 6.96. The summed E-state index contributed by atoms with van der Waals surface area (Å²) in [5.41, 5.74) is 5.18. The van der Waals surface area contributed by atoms with E-state index in [0.717, 1.165) is 28.2 Å². The normalized spacial score (nSPS) is 23.4. The third-order valence-electron chi connectivity index (χ3n) is 4.96. The topological polar surface area (TPSA) is 58.2 Å². The predicted molar refractivity (Wildman–Crippen MR) is 104 cm³/mol. The first-order chi connectivity index (χ1) is 12.7. The van der Waals surface area contributed by atoms with Crippen LogP contribution < -0.4 is 10.6 Å². The van der Waals surface area contributed by atoms with Gasteiger partial charge in [0.2, 0.25) is 0 Å². The average molecular weight is 367 g/mol. The fourth-order valence-electron chi connectivity index (χ4n) is 3.63. The van der Waals surface area contributed by atoms with Gasteiger partial charge >= 0.3 is 0 Å². The molecule has 0 saturated carbocycles. The summed E-state index contributed by atoms with van der Waals surface area (Å²) in [6.07, 6.45) is 9.29. The molecule has 1 atom stereocenters. The Balaban J connectivity index is 1.63. The molecule has 2 aliphatic heterocycles. The zero-order chi connectivity index (χ0) is 18.1. The number of alkyl halides is 1. The van der Waals surface area contributed by atoms with Crippen molar-refractivity contribution in [2.24, 2.45) is 5.92 Å². The fraction of sp³-hybridized carbons (Fsp3) is 0.238. The van der Waals surface area contributed by atoms with Crippen molar-refractivity contribution in [1.29, 1.82) is 0 Å². The SMILES string of the molecule is O=C(CCCCl)C1=CC=C2NC(=O)C(=C3C=Cc4ccccc4N3)C2C1. The molecular formula is C21H19ClN2O2. The van der Waals surface area contributed by atoms with Gasteiger partial charge in [-0.05, 0) is 42.2 Å². The number of fused-ring (bicyclic) bond motifs is 2. The van der Waals surface area contributed by atoms with Crippen LogP contribution in [0.5, 0.6) is 0 Å². The van der Waals surface area contributed by atoms with Crippen molar-refractivity contribution in [2.45, 2.75) is 19.3 Å².